The van der Waals surface area contributed by atoms with Gasteiger partial charge in [0.15, 0.2) is 0 Å². The van der Waals surface area contributed by atoms with Gasteiger partial charge in [-0.25, -0.2) is 0 Å². The second-order valence-corrected chi connectivity index (χ2v) is 8.36. The molecule has 0 unspecified atom stereocenters. The predicted octanol–water partition coefficient (Wildman–Crippen LogP) is 6.86. The van der Waals surface area contributed by atoms with Gasteiger partial charge in [0.2, 0.25) is 0 Å². The van der Waals surface area contributed by atoms with Crippen molar-refractivity contribution in [3.05, 3.63) is 72.8 Å². The van der Waals surface area contributed by atoms with Gasteiger partial charge >= 0.3 is 11.9 Å². The second kappa shape index (κ2) is 12.1. The maximum absolute atomic E-state index is 12.5. The van der Waals surface area contributed by atoms with Crippen LogP contribution in [-0.2, 0) is 9.59 Å². The minimum atomic E-state index is -0.507. The van der Waals surface area contributed by atoms with E-state index in [2.05, 4.69) is 0 Å². The molecular weight excluding hydrogens is 456 g/mol. The second-order valence-electron chi connectivity index (χ2n) is 8.36. The Morgan fingerprint density at radius 1 is 0.528 bits per heavy atom. The van der Waals surface area contributed by atoms with Crippen LogP contribution in [0.3, 0.4) is 0 Å². The smallest absolute Gasteiger partial charge is 0.311 e. The molecule has 36 heavy (non-hydrogen) atoms. The summed E-state index contributed by atoms with van der Waals surface area (Å²) in [5, 5.41) is 3.29. The van der Waals surface area contributed by atoms with Crippen LogP contribution >= 0.6 is 0 Å². The first-order valence-electron chi connectivity index (χ1n) is 12.3. The summed E-state index contributed by atoms with van der Waals surface area (Å²) in [6.07, 6.45) is 1.59. The van der Waals surface area contributed by atoms with Crippen molar-refractivity contribution in [2.45, 2.75) is 39.5 Å². The number of esters is 2. The van der Waals surface area contributed by atoms with Crippen LogP contribution in [0.25, 0.3) is 21.5 Å². The number of carbonyl (C=O) groups is 2. The van der Waals surface area contributed by atoms with E-state index in [0.29, 0.717) is 24.7 Å². The lowest BCUT2D eigenvalue weighted by Crippen LogP contribution is -2.14. The van der Waals surface area contributed by atoms with Gasteiger partial charge in [-0.15, -0.1) is 0 Å². The van der Waals surface area contributed by atoms with Crippen molar-refractivity contribution in [1.82, 2.24) is 0 Å². The van der Waals surface area contributed by atoms with Crippen LogP contribution in [0.4, 0.5) is 0 Å². The highest BCUT2D eigenvalue weighted by molar-refractivity contribution is 5.96. The maximum atomic E-state index is 12.5. The van der Waals surface area contributed by atoms with Gasteiger partial charge in [0.25, 0.3) is 0 Å². The minimum Gasteiger partial charge on any atom is -0.493 e. The molecular formula is C30H30O6. The fraction of sp³-hybridized carbons (Fsp3) is 0.267. The van der Waals surface area contributed by atoms with Gasteiger partial charge in [-0.05, 0) is 37.1 Å². The Morgan fingerprint density at radius 2 is 0.861 bits per heavy atom. The SMILES string of the molecule is CCCOc1ccc(OC(=O)CCC(=O)Oc2ccc(OCCC)c3ccccc23)c2ccccc12. The molecule has 0 N–H and O–H groups in total. The summed E-state index contributed by atoms with van der Waals surface area (Å²) >= 11 is 0. The number of rotatable bonds is 11. The monoisotopic (exact) mass is 486 g/mol. The number of hydrogen-bond donors (Lipinski definition) is 0. The molecule has 4 rings (SSSR count). The summed E-state index contributed by atoms with van der Waals surface area (Å²) in [5.74, 6) is 1.34. The molecule has 0 fully saturated rings. The number of ether oxygens (including phenoxy) is 4. The summed E-state index contributed by atoms with van der Waals surface area (Å²) in [4.78, 5) is 25.1. The van der Waals surface area contributed by atoms with E-state index in [1.807, 2.05) is 62.4 Å². The Bertz CT molecular complexity index is 1260. The topological polar surface area (TPSA) is 71.1 Å². The predicted molar refractivity (Wildman–Crippen MR) is 140 cm³/mol. The van der Waals surface area contributed by atoms with Crippen molar-refractivity contribution in [3.63, 3.8) is 0 Å². The van der Waals surface area contributed by atoms with Crippen molar-refractivity contribution >= 4 is 33.5 Å². The van der Waals surface area contributed by atoms with Crippen LogP contribution in [0.15, 0.2) is 72.8 Å². The van der Waals surface area contributed by atoms with E-state index in [1.165, 1.54) is 0 Å². The molecule has 0 amide bonds. The summed E-state index contributed by atoms with van der Waals surface area (Å²) in [6, 6.07) is 22.2. The summed E-state index contributed by atoms with van der Waals surface area (Å²) in [7, 11) is 0. The maximum Gasteiger partial charge on any atom is 0.311 e. The molecule has 0 aliphatic heterocycles. The van der Waals surface area contributed by atoms with Crippen LogP contribution in [0.5, 0.6) is 23.0 Å². The molecule has 6 nitrogen and oxygen atoms in total. The quantitative estimate of drug-likeness (QED) is 0.170. The highest BCUT2D eigenvalue weighted by Crippen LogP contribution is 2.35. The van der Waals surface area contributed by atoms with Gasteiger partial charge < -0.3 is 18.9 Å². The highest BCUT2D eigenvalue weighted by Gasteiger charge is 2.16. The van der Waals surface area contributed by atoms with Gasteiger partial charge in [0.05, 0.1) is 26.1 Å². The Balaban J connectivity index is 1.40. The molecule has 0 aliphatic carbocycles. The Labute approximate surface area is 210 Å². The van der Waals surface area contributed by atoms with Crippen LogP contribution in [0.2, 0.25) is 0 Å². The van der Waals surface area contributed by atoms with E-state index >= 15 is 0 Å². The summed E-state index contributed by atoms with van der Waals surface area (Å²) in [6.45, 7) is 5.30. The number of hydrogen-bond acceptors (Lipinski definition) is 6. The van der Waals surface area contributed by atoms with Crippen molar-refractivity contribution in [1.29, 1.82) is 0 Å². The van der Waals surface area contributed by atoms with Gasteiger partial charge in [0, 0.05) is 21.5 Å². The third kappa shape index (κ3) is 5.95. The lowest BCUT2D eigenvalue weighted by Gasteiger charge is -2.13. The largest absolute Gasteiger partial charge is 0.493 e. The zero-order valence-corrected chi connectivity index (χ0v) is 20.6. The molecule has 0 saturated carbocycles. The third-order valence-corrected chi connectivity index (χ3v) is 5.59. The average molecular weight is 487 g/mol. The van der Waals surface area contributed by atoms with E-state index in [4.69, 9.17) is 18.9 Å². The van der Waals surface area contributed by atoms with E-state index in [-0.39, 0.29) is 12.8 Å². The van der Waals surface area contributed by atoms with Crippen LogP contribution in [0, 0.1) is 0 Å². The molecule has 186 valence electrons. The Hall–Kier alpha value is -4.06. The van der Waals surface area contributed by atoms with Crippen molar-refractivity contribution in [3.8, 4) is 23.0 Å². The Kier molecular flexibility index (Phi) is 8.40. The first-order chi connectivity index (χ1) is 17.6. The number of carbonyl (C=O) groups excluding carboxylic acids is 2. The number of fused-ring (bicyclic) bond motifs is 2. The third-order valence-electron chi connectivity index (χ3n) is 5.59. The van der Waals surface area contributed by atoms with Crippen molar-refractivity contribution in [2.24, 2.45) is 0 Å². The van der Waals surface area contributed by atoms with E-state index < -0.39 is 11.9 Å². The molecule has 0 aliphatic rings. The summed E-state index contributed by atoms with van der Waals surface area (Å²) < 4.78 is 22.8. The molecule has 0 radical (unpaired) electrons. The van der Waals surface area contributed by atoms with Gasteiger partial charge in [-0.1, -0.05) is 62.4 Å². The number of benzene rings is 4. The fourth-order valence-electron chi connectivity index (χ4n) is 3.89. The Morgan fingerprint density at radius 3 is 1.22 bits per heavy atom. The molecule has 0 bridgehead atoms. The zero-order chi connectivity index (χ0) is 25.3. The van der Waals surface area contributed by atoms with E-state index in [1.54, 1.807) is 24.3 Å². The first kappa shape index (κ1) is 25.0. The van der Waals surface area contributed by atoms with Crippen LogP contribution < -0.4 is 18.9 Å². The van der Waals surface area contributed by atoms with Gasteiger partial charge in [-0.3, -0.25) is 9.59 Å². The molecule has 4 aromatic rings. The summed E-state index contributed by atoms with van der Waals surface area (Å²) in [5.41, 5.74) is 0. The van der Waals surface area contributed by atoms with Gasteiger partial charge in [-0.2, -0.15) is 0 Å². The highest BCUT2D eigenvalue weighted by atomic mass is 16.5. The van der Waals surface area contributed by atoms with E-state index in [9.17, 15) is 9.59 Å². The van der Waals surface area contributed by atoms with Crippen LogP contribution in [-0.4, -0.2) is 25.2 Å². The first-order valence-corrected chi connectivity index (χ1v) is 12.3. The van der Waals surface area contributed by atoms with Crippen molar-refractivity contribution < 1.29 is 28.5 Å². The zero-order valence-electron chi connectivity index (χ0n) is 20.6. The lowest BCUT2D eigenvalue weighted by atomic mass is 10.1. The molecule has 0 atom stereocenters. The minimum absolute atomic E-state index is 0.100. The van der Waals surface area contributed by atoms with E-state index in [0.717, 1.165) is 45.9 Å². The normalized spacial score (nSPS) is 10.8. The van der Waals surface area contributed by atoms with Gasteiger partial charge in [0.1, 0.15) is 23.0 Å². The molecule has 6 heteroatoms. The molecule has 0 heterocycles. The molecule has 0 aromatic heterocycles. The molecule has 0 spiro atoms. The fourth-order valence-corrected chi connectivity index (χ4v) is 3.89. The van der Waals surface area contributed by atoms with Crippen LogP contribution in [0.1, 0.15) is 39.5 Å². The molecule has 4 aromatic carbocycles. The molecule has 0 saturated heterocycles. The lowest BCUT2D eigenvalue weighted by molar-refractivity contribution is -0.140. The van der Waals surface area contributed by atoms with Crippen molar-refractivity contribution in [2.75, 3.05) is 13.2 Å². The standard InChI is InChI=1S/C30H30O6/c1-3-19-33-25-13-15-27(23-11-7-5-9-21(23)25)35-29(31)17-18-30(32)36-28-16-14-26(34-20-4-2)22-10-6-8-12-24(22)28/h5-16H,3-4,17-20H2,1-2H3. The average Bonchev–Trinajstić information content (AvgIpc) is 2.91.